The molecule has 4 nitrogen and oxygen atoms in total. The van der Waals surface area contributed by atoms with E-state index >= 15 is 0 Å². The molecular formula is C13H11ClFN3OS. The molecule has 1 aromatic carbocycles. The zero-order valence-corrected chi connectivity index (χ0v) is 12.1. The third-order valence-corrected chi connectivity index (χ3v) is 3.82. The maximum atomic E-state index is 13.0. The van der Waals surface area contributed by atoms with Crippen molar-refractivity contribution in [3.8, 4) is 11.6 Å². The summed E-state index contributed by atoms with van der Waals surface area (Å²) in [6.07, 6.45) is 1.93. The number of nitrogens with one attached hydrogen (secondary N) is 1. The standard InChI is InChI=1S/C13H11ClFN3OS/c1-16-7-10-12(17-13-18(10)4-5-20-13)19-11-3-2-8(15)6-9(11)14/h2-6,16H,7H2,1H3. The number of rotatable bonds is 4. The van der Waals surface area contributed by atoms with Crippen LogP contribution in [0.2, 0.25) is 5.02 Å². The molecule has 0 saturated carbocycles. The molecule has 0 aliphatic heterocycles. The zero-order chi connectivity index (χ0) is 14.1. The summed E-state index contributed by atoms with van der Waals surface area (Å²) in [5, 5.41) is 5.25. The van der Waals surface area contributed by atoms with Crippen molar-refractivity contribution >= 4 is 27.9 Å². The summed E-state index contributed by atoms with van der Waals surface area (Å²) in [6, 6.07) is 4.01. The van der Waals surface area contributed by atoms with Crippen LogP contribution < -0.4 is 10.1 Å². The van der Waals surface area contributed by atoms with Gasteiger partial charge in [-0.05, 0) is 25.2 Å². The lowest BCUT2D eigenvalue weighted by atomic mass is 10.3. The minimum Gasteiger partial charge on any atom is -0.436 e. The molecule has 0 saturated heterocycles. The molecule has 20 heavy (non-hydrogen) atoms. The summed E-state index contributed by atoms with van der Waals surface area (Å²) >= 11 is 7.49. The van der Waals surface area contributed by atoms with Crippen LogP contribution in [0.3, 0.4) is 0 Å². The molecule has 0 fully saturated rings. The molecule has 0 bridgehead atoms. The van der Waals surface area contributed by atoms with Crippen molar-refractivity contribution in [3.05, 3.63) is 46.3 Å². The van der Waals surface area contributed by atoms with Crippen LogP contribution in [0.4, 0.5) is 4.39 Å². The second-order valence-electron chi connectivity index (χ2n) is 4.13. The van der Waals surface area contributed by atoms with Gasteiger partial charge in [0.25, 0.3) is 0 Å². The molecule has 0 spiro atoms. The molecule has 3 rings (SSSR count). The Labute approximate surface area is 123 Å². The summed E-state index contributed by atoms with van der Waals surface area (Å²) in [5.41, 5.74) is 0.893. The Kier molecular flexibility index (Phi) is 3.60. The van der Waals surface area contributed by atoms with Crippen LogP contribution in [0.25, 0.3) is 4.96 Å². The molecule has 0 atom stereocenters. The first-order valence-electron chi connectivity index (χ1n) is 5.91. The fraction of sp³-hybridized carbons (Fsp3) is 0.154. The minimum atomic E-state index is -0.399. The van der Waals surface area contributed by atoms with Gasteiger partial charge in [-0.15, -0.1) is 11.3 Å². The number of halogens is 2. The van der Waals surface area contributed by atoms with E-state index in [2.05, 4.69) is 10.3 Å². The van der Waals surface area contributed by atoms with Gasteiger partial charge in [0.15, 0.2) is 4.96 Å². The molecule has 0 aliphatic rings. The molecule has 2 heterocycles. The topological polar surface area (TPSA) is 38.6 Å². The Morgan fingerprint density at radius 1 is 1.50 bits per heavy atom. The molecule has 3 aromatic rings. The fourth-order valence-electron chi connectivity index (χ4n) is 1.88. The number of benzene rings is 1. The van der Waals surface area contributed by atoms with Gasteiger partial charge < -0.3 is 10.1 Å². The van der Waals surface area contributed by atoms with E-state index in [1.165, 1.54) is 29.5 Å². The van der Waals surface area contributed by atoms with Gasteiger partial charge in [0.2, 0.25) is 5.88 Å². The van der Waals surface area contributed by atoms with E-state index in [1.807, 2.05) is 23.0 Å². The van der Waals surface area contributed by atoms with Crippen molar-refractivity contribution in [2.45, 2.75) is 6.54 Å². The predicted octanol–water partition coefficient (Wildman–Crippen LogP) is 3.70. The molecule has 0 unspecified atom stereocenters. The van der Waals surface area contributed by atoms with Gasteiger partial charge in [-0.3, -0.25) is 4.40 Å². The van der Waals surface area contributed by atoms with Crippen molar-refractivity contribution in [2.75, 3.05) is 7.05 Å². The second-order valence-corrected chi connectivity index (χ2v) is 5.41. The Bertz CT molecular complexity index is 755. The van der Waals surface area contributed by atoms with Crippen molar-refractivity contribution in [1.82, 2.24) is 14.7 Å². The molecule has 1 N–H and O–H groups in total. The lowest BCUT2D eigenvalue weighted by Gasteiger charge is -2.07. The Morgan fingerprint density at radius 3 is 3.10 bits per heavy atom. The van der Waals surface area contributed by atoms with Gasteiger partial charge >= 0.3 is 0 Å². The van der Waals surface area contributed by atoms with Gasteiger partial charge in [-0.2, -0.15) is 4.98 Å². The molecule has 7 heteroatoms. The van der Waals surface area contributed by atoms with Gasteiger partial charge in [-0.1, -0.05) is 11.6 Å². The van der Waals surface area contributed by atoms with E-state index in [1.54, 1.807) is 0 Å². The summed E-state index contributed by atoms with van der Waals surface area (Å²) in [6.45, 7) is 0.603. The highest BCUT2D eigenvalue weighted by Crippen LogP contribution is 2.32. The number of imidazole rings is 1. The first-order chi connectivity index (χ1) is 9.69. The lowest BCUT2D eigenvalue weighted by Crippen LogP contribution is -2.08. The van der Waals surface area contributed by atoms with E-state index in [0.29, 0.717) is 18.2 Å². The summed E-state index contributed by atoms with van der Waals surface area (Å²) in [4.78, 5) is 5.25. The van der Waals surface area contributed by atoms with Crippen LogP contribution in [0.15, 0.2) is 29.8 Å². The minimum absolute atomic E-state index is 0.219. The van der Waals surface area contributed by atoms with Crippen LogP contribution in [0.5, 0.6) is 11.6 Å². The van der Waals surface area contributed by atoms with Crippen molar-refractivity contribution in [2.24, 2.45) is 0 Å². The summed E-state index contributed by atoms with van der Waals surface area (Å²) in [7, 11) is 1.85. The van der Waals surface area contributed by atoms with Crippen molar-refractivity contribution < 1.29 is 9.13 Å². The van der Waals surface area contributed by atoms with Crippen LogP contribution in [-0.2, 0) is 6.54 Å². The Morgan fingerprint density at radius 2 is 2.35 bits per heavy atom. The second kappa shape index (κ2) is 5.40. The average Bonchev–Trinajstić information content (AvgIpc) is 2.96. The third-order valence-electron chi connectivity index (χ3n) is 2.77. The number of ether oxygens (including phenoxy) is 1. The highest BCUT2D eigenvalue weighted by molar-refractivity contribution is 7.15. The average molecular weight is 312 g/mol. The molecule has 0 radical (unpaired) electrons. The van der Waals surface area contributed by atoms with Crippen LogP contribution >= 0.6 is 22.9 Å². The largest absolute Gasteiger partial charge is 0.436 e. The van der Waals surface area contributed by atoms with Crippen LogP contribution in [0, 0.1) is 5.82 Å². The van der Waals surface area contributed by atoms with Gasteiger partial charge in [-0.25, -0.2) is 4.39 Å². The SMILES string of the molecule is CNCc1c(Oc2ccc(F)cc2Cl)nc2sccn12. The summed E-state index contributed by atoms with van der Waals surface area (Å²) < 4.78 is 20.7. The molecule has 0 aliphatic carbocycles. The maximum Gasteiger partial charge on any atom is 0.243 e. The van der Waals surface area contributed by atoms with E-state index < -0.39 is 5.82 Å². The number of hydrogen-bond donors (Lipinski definition) is 1. The van der Waals surface area contributed by atoms with E-state index in [0.717, 1.165) is 10.7 Å². The van der Waals surface area contributed by atoms with E-state index in [-0.39, 0.29) is 5.02 Å². The number of fused-ring (bicyclic) bond motifs is 1. The van der Waals surface area contributed by atoms with Gasteiger partial charge in [0, 0.05) is 18.1 Å². The zero-order valence-electron chi connectivity index (χ0n) is 10.6. The lowest BCUT2D eigenvalue weighted by molar-refractivity contribution is 0.456. The van der Waals surface area contributed by atoms with Crippen LogP contribution in [-0.4, -0.2) is 16.4 Å². The number of nitrogens with zero attached hydrogens (tertiary/aromatic N) is 2. The van der Waals surface area contributed by atoms with Crippen molar-refractivity contribution in [1.29, 1.82) is 0 Å². The monoisotopic (exact) mass is 311 g/mol. The van der Waals surface area contributed by atoms with Crippen molar-refractivity contribution in [3.63, 3.8) is 0 Å². The Balaban J connectivity index is 2.01. The number of aromatic nitrogens is 2. The quantitative estimate of drug-likeness (QED) is 0.798. The van der Waals surface area contributed by atoms with Gasteiger partial charge in [0.05, 0.1) is 5.02 Å². The first-order valence-corrected chi connectivity index (χ1v) is 7.16. The molecular weight excluding hydrogens is 301 g/mol. The van der Waals surface area contributed by atoms with E-state index in [9.17, 15) is 4.39 Å². The molecule has 104 valence electrons. The number of thiazole rings is 1. The predicted molar refractivity (Wildman–Crippen MR) is 77.3 cm³/mol. The first kappa shape index (κ1) is 13.4. The normalized spacial score (nSPS) is 11.2. The molecule has 2 aromatic heterocycles. The van der Waals surface area contributed by atoms with Crippen LogP contribution in [0.1, 0.15) is 5.69 Å². The maximum absolute atomic E-state index is 13.0. The highest BCUT2D eigenvalue weighted by Gasteiger charge is 2.16. The highest BCUT2D eigenvalue weighted by atomic mass is 35.5. The fourth-order valence-corrected chi connectivity index (χ4v) is 2.82. The van der Waals surface area contributed by atoms with Gasteiger partial charge in [0.1, 0.15) is 17.3 Å². The van der Waals surface area contributed by atoms with E-state index in [4.69, 9.17) is 16.3 Å². The smallest absolute Gasteiger partial charge is 0.243 e. The molecule has 0 amide bonds. The number of hydrogen-bond acceptors (Lipinski definition) is 4. The Hall–Kier alpha value is -1.63. The summed E-state index contributed by atoms with van der Waals surface area (Å²) in [5.74, 6) is 0.458. The third kappa shape index (κ3) is 2.37.